The molecule has 3 aromatic heterocycles. The van der Waals surface area contributed by atoms with Gasteiger partial charge in [-0.05, 0) is 41.5 Å². The number of nitrogens with zero attached hydrogens (tertiary/aromatic N) is 3. The summed E-state index contributed by atoms with van der Waals surface area (Å²) in [6, 6.07) is 42.9. The standard InChI is InChI=1S/C34H21N3O/c38-34-28-18-7-5-16-26(28)32-31(36(34)24-14-10-13-23(21-24)22-11-2-1-3-12-22)25-15-4-6-17-27(25)33-35-29-19-8-9-20-30(29)37(32)33/h1-21H. The van der Waals surface area contributed by atoms with Crippen molar-refractivity contribution in [2.24, 2.45) is 0 Å². The van der Waals surface area contributed by atoms with E-state index in [0.717, 1.165) is 60.7 Å². The smallest absolute Gasteiger partial charge is 0.263 e. The van der Waals surface area contributed by atoms with Gasteiger partial charge in [-0.1, -0.05) is 97.1 Å². The predicted molar refractivity (Wildman–Crippen MR) is 156 cm³/mol. The molecule has 4 nitrogen and oxygen atoms in total. The summed E-state index contributed by atoms with van der Waals surface area (Å²) in [5.74, 6) is 0. The summed E-state index contributed by atoms with van der Waals surface area (Å²) < 4.78 is 4.12. The molecular weight excluding hydrogens is 466 g/mol. The van der Waals surface area contributed by atoms with Gasteiger partial charge in [0.25, 0.3) is 5.56 Å². The van der Waals surface area contributed by atoms with E-state index in [1.54, 1.807) is 0 Å². The topological polar surface area (TPSA) is 39.3 Å². The number of imidazole rings is 1. The van der Waals surface area contributed by atoms with E-state index in [0.29, 0.717) is 5.39 Å². The van der Waals surface area contributed by atoms with E-state index >= 15 is 0 Å². The molecule has 0 N–H and O–H groups in total. The lowest BCUT2D eigenvalue weighted by atomic mass is 10.0. The molecule has 0 bridgehead atoms. The molecule has 3 heterocycles. The fourth-order valence-electron chi connectivity index (χ4n) is 5.83. The quantitative estimate of drug-likeness (QED) is 0.234. The van der Waals surface area contributed by atoms with Crippen LogP contribution in [0.4, 0.5) is 0 Å². The normalized spacial score (nSPS) is 11.8. The highest BCUT2D eigenvalue weighted by Crippen LogP contribution is 2.36. The van der Waals surface area contributed by atoms with Gasteiger partial charge in [-0.15, -0.1) is 0 Å². The summed E-state index contributed by atoms with van der Waals surface area (Å²) >= 11 is 0. The summed E-state index contributed by atoms with van der Waals surface area (Å²) in [5.41, 5.74) is 7.67. The summed E-state index contributed by atoms with van der Waals surface area (Å²) in [7, 11) is 0. The minimum absolute atomic E-state index is 0.0350. The van der Waals surface area contributed by atoms with Gasteiger partial charge in [-0.3, -0.25) is 13.8 Å². The van der Waals surface area contributed by atoms with Gasteiger partial charge in [-0.2, -0.15) is 0 Å². The number of aromatic nitrogens is 3. The van der Waals surface area contributed by atoms with E-state index in [-0.39, 0.29) is 5.56 Å². The summed E-state index contributed by atoms with van der Waals surface area (Å²) in [4.78, 5) is 19.4. The molecular formula is C34H21N3O. The third kappa shape index (κ3) is 2.86. The second kappa shape index (κ2) is 7.89. The van der Waals surface area contributed by atoms with Crippen molar-refractivity contribution < 1.29 is 0 Å². The van der Waals surface area contributed by atoms with E-state index in [1.807, 2.05) is 89.5 Å². The second-order valence-corrected chi connectivity index (χ2v) is 9.60. The predicted octanol–water partition coefficient (Wildman–Crippen LogP) is 7.77. The zero-order valence-corrected chi connectivity index (χ0v) is 20.4. The Bertz CT molecular complexity index is 2260. The van der Waals surface area contributed by atoms with E-state index in [9.17, 15) is 4.79 Å². The molecule has 4 heteroatoms. The van der Waals surface area contributed by atoms with Gasteiger partial charge >= 0.3 is 0 Å². The number of para-hydroxylation sites is 2. The molecule has 0 radical (unpaired) electrons. The van der Waals surface area contributed by atoms with E-state index in [2.05, 4.69) is 46.9 Å². The van der Waals surface area contributed by atoms with Crippen molar-refractivity contribution in [3.8, 4) is 16.8 Å². The molecule has 0 fully saturated rings. The Kier molecular flexibility index (Phi) is 4.34. The van der Waals surface area contributed by atoms with Gasteiger partial charge in [0.15, 0.2) is 0 Å². The van der Waals surface area contributed by atoms with Gasteiger partial charge in [0.2, 0.25) is 0 Å². The zero-order chi connectivity index (χ0) is 25.2. The van der Waals surface area contributed by atoms with Crippen molar-refractivity contribution in [1.82, 2.24) is 14.0 Å². The Morgan fingerprint density at radius 3 is 1.97 bits per heavy atom. The average molecular weight is 488 g/mol. The lowest BCUT2D eigenvalue weighted by Gasteiger charge is -2.18. The number of hydrogen-bond donors (Lipinski definition) is 0. The first-order valence-electron chi connectivity index (χ1n) is 12.7. The highest BCUT2D eigenvalue weighted by molar-refractivity contribution is 6.19. The number of pyridine rings is 2. The minimum atomic E-state index is -0.0350. The van der Waals surface area contributed by atoms with Crippen LogP contribution in [-0.4, -0.2) is 14.0 Å². The maximum absolute atomic E-state index is 14.3. The summed E-state index contributed by atoms with van der Waals surface area (Å²) in [6.07, 6.45) is 0. The lowest BCUT2D eigenvalue weighted by Crippen LogP contribution is -2.20. The molecule has 0 unspecified atom stereocenters. The molecule has 0 aliphatic heterocycles. The van der Waals surface area contributed by atoms with Crippen LogP contribution in [0.1, 0.15) is 0 Å². The molecule has 5 aromatic carbocycles. The fraction of sp³-hybridized carbons (Fsp3) is 0. The molecule has 8 aromatic rings. The summed E-state index contributed by atoms with van der Waals surface area (Å²) in [6.45, 7) is 0. The molecule has 8 rings (SSSR count). The van der Waals surface area contributed by atoms with Gasteiger partial charge in [0.05, 0.1) is 22.1 Å². The van der Waals surface area contributed by atoms with Crippen molar-refractivity contribution >= 4 is 49.3 Å². The largest absolute Gasteiger partial charge is 0.290 e. The van der Waals surface area contributed by atoms with Crippen LogP contribution in [0.25, 0.3) is 66.1 Å². The first-order valence-corrected chi connectivity index (χ1v) is 12.7. The minimum Gasteiger partial charge on any atom is -0.290 e. The molecule has 38 heavy (non-hydrogen) atoms. The van der Waals surface area contributed by atoms with Crippen molar-refractivity contribution in [3.05, 3.63) is 138 Å². The van der Waals surface area contributed by atoms with Crippen LogP contribution < -0.4 is 5.56 Å². The van der Waals surface area contributed by atoms with Crippen molar-refractivity contribution in [1.29, 1.82) is 0 Å². The third-order valence-corrected chi connectivity index (χ3v) is 7.48. The highest BCUT2D eigenvalue weighted by Gasteiger charge is 2.21. The molecule has 0 aliphatic carbocycles. The first-order chi connectivity index (χ1) is 18.8. The summed E-state index contributed by atoms with van der Waals surface area (Å²) in [5, 5.41) is 3.61. The Morgan fingerprint density at radius 1 is 0.526 bits per heavy atom. The van der Waals surface area contributed by atoms with Crippen molar-refractivity contribution in [2.75, 3.05) is 0 Å². The lowest BCUT2D eigenvalue weighted by molar-refractivity contribution is 1.06. The monoisotopic (exact) mass is 487 g/mol. The van der Waals surface area contributed by atoms with E-state index < -0.39 is 0 Å². The van der Waals surface area contributed by atoms with Crippen LogP contribution in [0.2, 0.25) is 0 Å². The Hall–Kier alpha value is -5.22. The number of benzene rings is 5. The number of hydrogen-bond acceptors (Lipinski definition) is 2. The average Bonchev–Trinajstić information content (AvgIpc) is 3.38. The van der Waals surface area contributed by atoms with Crippen molar-refractivity contribution in [3.63, 3.8) is 0 Å². The maximum Gasteiger partial charge on any atom is 0.263 e. The van der Waals surface area contributed by atoms with Crippen LogP contribution in [0.15, 0.2) is 132 Å². The maximum atomic E-state index is 14.3. The fourth-order valence-corrected chi connectivity index (χ4v) is 5.83. The SMILES string of the molecule is O=c1c2ccccc2c2c(c3ccccc3c3nc4ccccc4n32)n1-c1cccc(-c2ccccc2)c1. The molecule has 0 spiro atoms. The Morgan fingerprint density at radius 2 is 1.16 bits per heavy atom. The van der Waals surface area contributed by atoms with Gasteiger partial charge in [0, 0.05) is 27.2 Å². The zero-order valence-electron chi connectivity index (χ0n) is 20.4. The second-order valence-electron chi connectivity index (χ2n) is 9.60. The third-order valence-electron chi connectivity index (χ3n) is 7.48. The van der Waals surface area contributed by atoms with Crippen LogP contribution in [0.3, 0.4) is 0 Å². The molecule has 0 aliphatic rings. The number of fused-ring (bicyclic) bond motifs is 10. The molecule has 0 amide bonds. The highest BCUT2D eigenvalue weighted by atomic mass is 16.1. The van der Waals surface area contributed by atoms with Crippen LogP contribution in [-0.2, 0) is 0 Å². The van der Waals surface area contributed by atoms with Crippen molar-refractivity contribution in [2.45, 2.75) is 0 Å². The van der Waals surface area contributed by atoms with E-state index in [4.69, 9.17) is 4.98 Å². The first kappa shape index (κ1) is 20.9. The molecule has 0 saturated heterocycles. The molecule has 0 atom stereocenters. The molecule has 0 saturated carbocycles. The van der Waals surface area contributed by atoms with Crippen LogP contribution in [0.5, 0.6) is 0 Å². The van der Waals surface area contributed by atoms with E-state index in [1.165, 1.54) is 0 Å². The van der Waals surface area contributed by atoms with Gasteiger partial charge in [0.1, 0.15) is 5.65 Å². The van der Waals surface area contributed by atoms with Crippen LogP contribution >= 0.6 is 0 Å². The number of rotatable bonds is 2. The Labute approximate surface area is 217 Å². The van der Waals surface area contributed by atoms with Crippen LogP contribution in [0, 0.1) is 0 Å². The van der Waals surface area contributed by atoms with Gasteiger partial charge in [-0.25, -0.2) is 4.98 Å². The molecule has 178 valence electrons. The van der Waals surface area contributed by atoms with Gasteiger partial charge < -0.3 is 0 Å². The Balaban J connectivity index is 1.65.